The van der Waals surface area contributed by atoms with E-state index in [1.807, 2.05) is 0 Å². The molecule has 0 aliphatic rings. The number of rotatable bonds is 1. The van der Waals surface area contributed by atoms with Crippen LogP contribution < -0.4 is 5.73 Å². The van der Waals surface area contributed by atoms with Crippen LogP contribution in [0.1, 0.15) is 10.4 Å². The summed E-state index contributed by atoms with van der Waals surface area (Å²) in [5, 5.41) is -0.458. The maximum absolute atomic E-state index is 10.5. The maximum atomic E-state index is 10.5. The van der Waals surface area contributed by atoms with E-state index in [0.29, 0.717) is 11.3 Å². The van der Waals surface area contributed by atoms with Crippen molar-refractivity contribution in [1.82, 2.24) is 0 Å². The molecule has 0 aromatic heterocycles. The highest BCUT2D eigenvalue weighted by Crippen LogP contribution is 2.07. The zero-order chi connectivity index (χ0) is 7.56. The Morgan fingerprint density at radius 1 is 1.27 bits per heavy atom. The van der Waals surface area contributed by atoms with Crippen molar-refractivity contribution in [2.75, 3.05) is 5.73 Å². The molecule has 2 nitrogen and oxygen atoms in total. The smallest absolute Gasteiger partial charge is 0.252 e. The van der Waals surface area contributed by atoms with Gasteiger partial charge >= 0.3 is 0 Å². The highest BCUT2D eigenvalue weighted by molar-refractivity contribution is 6.67. The molecule has 0 amide bonds. The molecule has 0 bridgehead atoms. The number of halogens is 2. The lowest BCUT2D eigenvalue weighted by Gasteiger charge is -1.92. The predicted octanol–water partition coefficient (Wildman–Crippen LogP) is 2.07. The van der Waals surface area contributed by atoms with Gasteiger partial charge in [0, 0.05) is 11.3 Å². The molecule has 2 N–H and O–H groups in total. The topological polar surface area (TPSA) is 43.1 Å². The number of hydrogen-bond donors (Lipinski definition) is 1. The van der Waals surface area contributed by atoms with Crippen LogP contribution in [-0.2, 0) is 0 Å². The molecule has 1 aromatic rings. The third-order valence-corrected chi connectivity index (χ3v) is 1.36. The Morgan fingerprint density at radius 2 is 1.73 bits per heavy atom. The molecule has 0 radical (unpaired) electrons. The average Bonchev–Trinajstić information content (AvgIpc) is 1.88. The van der Waals surface area contributed by atoms with Crippen molar-refractivity contribution in [1.29, 1.82) is 0 Å². The second-order valence-electron chi connectivity index (χ2n) is 1.90. The van der Waals surface area contributed by atoms with Crippen LogP contribution in [0, 0.1) is 0 Å². The van der Waals surface area contributed by atoms with Gasteiger partial charge in [-0.3, -0.25) is 4.79 Å². The lowest BCUT2D eigenvalue weighted by molar-refractivity contribution is 0.108. The van der Waals surface area contributed by atoms with Gasteiger partial charge in [-0.25, -0.2) is 0 Å². The fourth-order valence-corrected chi connectivity index (χ4v) is 0.740. The Hall–Kier alpha value is -0.730. The summed E-state index contributed by atoms with van der Waals surface area (Å²) in [6.07, 6.45) is 0. The number of carbonyl (C=O) groups is 1. The molecule has 0 saturated heterocycles. The first-order valence-electron chi connectivity index (χ1n) is 2.75. The number of nitrogen functional groups attached to an aromatic ring is 1. The van der Waals surface area contributed by atoms with Gasteiger partial charge in [-0.2, -0.15) is 0 Å². The van der Waals surface area contributed by atoms with Crippen LogP contribution >= 0.6 is 24.0 Å². The standard InChI is InChI=1S/C7H6ClNO.ClH/c8-7(10)5-1-3-6(9)4-2-5;/h1-4H,9H2;1H. The maximum Gasteiger partial charge on any atom is 0.252 e. The zero-order valence-corrected chi connectivity index (χ0v) is 7.15. The van der Waals surface area contributed by atoms with Crippen LogP contribution in [-0.4, -0.2) is 5.24 Å². The Balaban J connectivity index is 0.000001000. The Morgan fingerprint density at radius 3 is 2.09 bits per heavy atom. The van der Waals surface area contributed by atoms with Gasteiger partial charge in [0.05, 0.1) is 0 Å². The molecular formula is C7H7Cl2NO. The molecule has 11 heavy (non-hydrogen) atoms. The molecule has 0 saturated carbocycles. The fraction of sp³-hybridized carbons (Fsp3) is 0. The van der Waals surface area contributed by atoms with Gasteiger partial charge in [-0.15, -0.1) is 12.4 Å². The van der Waals surface area contributed by atoms with Crippen molar-refractivity contribution in [3.05, 3.63) is 29.8 Å². The summed E-state index contributed by atoms with van der Waals surface area (Å²) < 4.78 is 0. The number of anilines is 1. The van der Waals surface area contributed by atoms with E-state index in [0.717, 1.165) is 0 Å². The van der Waals surface area contributed by atoms with E-state index in [1.54, 1.807) is 24.3 Å². The Kier molecular flexibility index (Phi) is 3.93. The molecule has 0 aliphatic carbocycles. The number of hydrogen-bond acceptors (Lipinski definition) is 2. The van der Waals surface area contributed by atoms with Crippen LogP contribution in [0.25, 0.3) is 0 Å². The van der Waals surface area contributed by atoms with E-state index in [2.05, 4.69) is 0 Å². The molecule has 0 unspecified atom stereocenters. The summed E-state index contributed by atoms with van der Waals surface area (Å²) in [5.41, 5.74) is 6.47. The predicted molar refractivity (Wildman–Crippen MR) is 48.3 cm³/mol. The third-order valence-electron chi connectivity index (χ3n) is 1.14. The van der Waals surface area contributed by atoms with Crippen molar-refractivity contribution in [2.24, 2.45) is 0 Å². The van der Waals surface area contributed by atoms with Crippen molar-refractivity contribution >= 4 is 34.9 Å². The second kappa shape index (κ2) is 4.21. The first-order chi connectivity index (χ1) is 4.70. The largest absolute Gasteiger partial charge is 0.399 e. The number of carbonyl (C=O) groups excluding carboxylic acids is 1. The van der Waals surface area contributed by atoms with Gasteiger partial charge < -0.3 is 5.73 Å². The normalized spacial score (nSPS) is 8.45. The molecule has 0 heterocycles. The van der Waals surface area contributed by atoms with E-state index in [4.69, 9.17) is 17.3 Å². The van der Waals surface area contributed by atoms with Crippen LogP contribution in [0.5, 0.6) is 0 Å². The average molecular weight is 192 g/mol. The lowest BCUT2D eigenvalue weighted by Crippen LogP contribution is -1.89. The number of benzene rings is 1. The van der Waals surface area contributed by atoms with E-state index in [9.17, 15) is 4.79 Å². The van der Waals surface area contributed by atoms with Crippen molar-refractivity contribution in [3.8, 4) is 0 Å². The van der Waals surface area contributed by atoms with E-state index in [1.165, 1.54) is 0 Å². The fourth-order valence-electron chi connectivity index (χ4n) is 0.614. The summed E-state index contributed by atoms with van der Waals surface area (Å²) in [7, 11) is 0. The van der Waals surface area contributed by atoms with Crippen molar-refractivity contribution in [2.45, 2.75) is 0 Å². The van der Waals surface area contributed by atoms with Gasteiger partial charge in [-0.05, 0) is 35.9 Å². The van der Waals surface area contributed by atoms with Gasteiger partial charge in [0.1, 0.15) is 0 Å². The molecule has 4 heteroatoms. The summed E-state index contributed by atoms with van der Waals surface area (Å²) in [6.45, 7) is 0. The summed E-state index contributed by atoms with van der Waals surface area (Å²) in [5.74, 6) is 0. The highest BCUT2D eigenvalue weighted by Gasteiger charge is 1.98. The summed E-state index contributed by atoms with van der Waals surface area (Å²) in [6, 6.07) is 6.44. The zero-order valence-electron chi connectivity index (χ0n) is 5.58. The molecule has 1 aromatic carbocycles. The van der Waals surface area contributed by atoms with E-state index >= 15 is 0 Å². The van der Waals surface area contributed by atoms with Gasteiger partial charge in [0.15, 0.2) is 0 Å². The molecule has 60 valence electrons. The summed E-state index contributed by atoms with van der Waals surface area (Å²) in [4.78, 5) is 10.5. The minimum Gasteiger partial charge on any atom is -0.399 e. The Bertz CT molecular complexity index is 245. The molecule has 0 spiro atoms. The minimum atomic E-state index is -0.458. The van der Waals surface area contributed by atoms with Crippen LogP contribution in [0.15, 0.2) is 24.3 Å². The van der Waals surface area contributed by atoms with E-state index in [-0.39, 0.29) is 12.4 Å². The third kappa shape index (κ3) is 2.78. The molecule has 0 aliphatic heterocycles. The van der Waals surface area contributed by atoms with Crippen LogP contribution in [0.2, 0.25) is 0 Å². The van der Waals surface area contributed by atoms with Crippen LogP contribution in [0.3, 0.4) is 0 Å². The SMILES string of the molecule is Cl.Nc1ccc(C(=O)Cl)cc1. The minimum absolute atomic E-state index is 0. The highest BCUT2D eigenvalue weighted by atomic mass is 35.5. The first kappa shape index (κ1) is 10.3. The van der Waals surface area contributed by atoms with E-state index < -0.39 is 5.24 Å². The summed E-state index contributed by atoms with van der Waals surface area (Å²) >= 11 is 5.18. The quantitative estimate of drug-likeness (QED) is 0.546. The monoisotopic (exact) mass is 191 g/mol. The second-order valence-corrected chi connectivity index (χ2v) is 2.24. The molecule has 1 rings (SSSR count). The molecule has 0 atom stereocenters. The molecule has 0 fully saturated rings. The number of nitrogens with two attached hydrogens (primary N) is 1. The molecular weight excluding hydrogens is 185 g/mol. The van der Waals surface area contributed by atoms with Crippen LogP contribution in [0.4, 0.5) is 5.69 Å². The van der Waals surface area contributed by atoms with Crippen molar-refractivity contribution in [3.63, 3.8) is 0 Å². The van der Waals surface area contributed by atoms with Gasteiger partial charge in [0.25, 0.3) is 5.24 Å². The first-order valence-corrected chi connectivity index (χ1v) is 3.13. The lowest BCUT2D eigenvalue weighted by atomic mass is 10.2. The Labute approximate surface area is 75.8 Å². The van der Waals surface area contributed by atoms with Gasteiger partial charge in [-0.1, -0.05) is 0 Å². The van der Waals surface area contributed by atoms with Crippen molar-refractivity contribution < 1.29 is 4.79 Å². The van der Waals surface area contributed by atoms with Gasteiger partial charge in [0.2, 0.25) is 0 Å².